The monoisotopic (exact) mass is 211 g/mol. The van der Waals surface area contributed by atoms with Crippen LogP contribution in [0, 0.1) is 5.92 Å². The minimum atomic E-state index is -0.934. The number of hydrogen-bond acceptors (Lipinski definition) is 3. The van der Waals surface area contributed by atoms with Gasteiger partial charge < -0.3 is 9.52 Å². The second kappa shape index (κ2) is 4.98. The van der Waals surface area contributed by atoms with Gasteiger partial charge in [-0.25, -0.2) is 4.79 Å². The van der Waals surface area contributed by atoms with Crippen molar-refractivity contribution in [3.63, 3.8) is 0 Å². The molecule has 0 unspecified atom stereocenters. The summed E-state index contributed by atoms with van der Waals surface area (Å²) in [6, 6.07) is 1.49. The molecule has 0 aliphatic rings. The van der Waals surface area contributed by atoms with Crippen LogP contribution in [0.1, 0.15) is 30.0 Å². The Morgan fingerprint density at radius 1 is 1.60 bits per heavy atom. The molecule has 0 amide bonds. The molecule has 0 aliphatic carbocycles. The maximum absolute atomic E-state index is 10.8. The Bertz CT molecular complexity index is 330. The SMILES string of the molecule is CC(C)CN(C)Cc1occc1C(=O)O. The van der Waals surface area contributed by atoms with Gasteiger partial charge in [0.25, 0.3) is 0 Å². The third-order valence-corrected chi connectivity index (χ3v) is 2.07. The standard InChI is InChI=1S/C11H17NO3/c1-8(2)6-12(3)7-10-9(11(13)14)4-5-15-10/h4-5,8H,6-7H2,1-3H3,(H,13,14). The molecular formula is C11H17NO3. The van der Waals surface area contributed by atoms with E-state index >= 15 is 0 Å². The van der Waals surface area contributed by atoms with Gasteiger partial charge in [-0.15, -0.1) is 0 Å². The van der Waals surface area contributed by atoms with E-state index in [0.717, 1.165) is 6.54 Å². The van der Waals surface area contributed by atoms with Gasteiger partial charge in [-0.2, -0.15) is 0 Å². The Morgan fingerprint density at radius 2 is 2.27 bits per heavy atom. The zero-order valence-electron chi connectivity index (χ0n) is 9.36. The highest BCUT2D eigenvalue weighted by Gasteiger charge is 2.15. The largest absolute Gasteiger partial charge is 0.478 e. The summed E-state index contributed by atoms with van der Waals surface area (Å²) in [7, 11) is 1.95. The van der Waals surface area contributed by atoms with Crippen molar-refractivity contribution in [3.8, 4) is 0 Å². The van der Waals surface area contributed by atoms with Gasteiger partial charge in [-0.05, 0) is 19.0 Å². The van der Waals surface area contributed by atoms with Crippen LogP contribution in [-0.4, -0.2) is 29.6 Å². The van der Waals surface area contributed by atoms with Crippen LogP contribution in [-0.2, 0) is 6.54 Å². The summed E-state index contributed by atoms with van der Waals surface area (Å²) in [4.78, 5) is 12.9. The molecule has 0 saturated carbocycles. The maximum Gasteiger partial charge on any atom is 0.339 e. The van der Waals surface area contributed by atoms with Gasteiger partial charge in [0, 0.05) is 6.54 Å². The molecule has 0 aromatic carbocycles. The van der Waals surface area contributed by atoms with Crippen molar-refractivity contribution in [2.24, 2.45) is 5.92 Å². The lowest BCUT2D eigenvalue weighted by Crippen LogP contribution is -2.23. The average Bonchev–Trinajstić information content (AvgIpc) is 2.50. The maximum atomic E-state index is 10.8. The first-order chi connectivity index (χ1) is 7.00. The first-order valence-electron chi connectivity index (χ1n) is 4.99. The molecule has 0 spiro atoms. The van der Waals surface area contributed by atoms with Crippen molar-refractivity contribution in [1.82, 2.24) is 4.90 Å². The Labute approximate surface area is 89.5 Å². The van der Waals surface area contributed by atoms with Gasteiger partial charge in [0.15, 0.2) is 0 Å². The van der Waals surface area contributed by atoms with Crippen molar-refractivity contribution in [1.29, 1.82) is 0 Å². The number of hydrogen-bond donors (Lipinski definition) is 1. The normalized spacial score (nSPS) is 11.3. The predicted molar refractivity (Wildman–Crippen MR) is 56.8 cm³/mol. The molecule has 0 bridgehead atoms. The number of carboxylic acid groups (broad SMARTS) is 1. The Morgan fingerprint density at radius 3 is 2.80 bits per heavy atom. The summed E-state index contributed by atoms with van der Waals surface area (Å²) in [6.45, 7) is 5.69. The highest BCUT2D eigenvalue weighted by Crippen LogP contribution is 2.13. The van der Waals surface area contributed by atoms with Crippen molar-refractivity contribution in [3.05, 3.63) is 23.7 Å². The molecule has 0 fully saturated rings. The second-order valence-corrected chi connectivity index (χ2v) is 4.15. The Kier molecular flexibility index (Phi) is 3.91. The fourth-order valence-electron chi connectivity index (χ4n) is 1.59. The minimum Gasteiger partial charge on any atom is -0.478 e. The summed E-state index contributed by atoms with van der Waals surface area (Å²) in [5, 5.41) is 8.87. The third kappa shape index (κ3) is 3.40. The summed E-state index contributed by atoms with van der Waals surface area (Å²) in [6.07, 6.45) is 1.42. The number of nitrogens with zero attached hydrogens (tertiary/aromatic N) is 1. The lowest BCUT2D eigenvalue weighted by atomic mass is 10.2. The quantitative estimate of drug-likeness (QED) is 0.810. The lowest BCUT2D eigenvalue weighted by Gasteiger charge is -2.17. The number of aromatic carboxylic acids is 1. The molecule has 1 rings (SSSR count). The molecule has 1 aromatic heterocycles. The van der Waals surface area contributed by atoms with E-state index in [1.165, 1.54) is 12.3 Å². The van der Waals surface area contributed by atoms with E-state index in [1.54, 1.807) is 0 Å². The predicted octanol–water partition coefficient (Wildman–Crippen LogP) is 2.07. The molecular weight excluding hydrogens is 194 g/mol. The average molecular weight is 211 g/mol. The molecule has 1 N–H and O–H groups in total. The van der Waals surface area contributed by atoms with E-state index in [1.807, 2.05) is 7.05 Å². The zero-order valence-corrected chi connectivity index (χ0v) is 9.36. The molecule has 0 saturated heterocycles. The van der Waals surface area contributed by atoms with E-state index in [-0.39, 0.29) is 5.56 Å². The van der Waals surface area contributed by atoms with Crippen molar-refractivity contribution >= 4 is 5.97 Å². The van der Waals surface area contributed by atoms with Crippen LogP contribution in [0.15, 0.2) is 16.7 Å². The second-order valence-electron chi connectivity index (χ2n) is 4.15. The molecule has 1 heterocycles. The van der Waals surface area contributed by atoms with Crippen LogP contribution in [0.3, 0.4) is 0 Å². The highest BCUT2D eigenvalue weighted by molar-refractivity contribution is 5.88. The van der Waals surface area contributed by atoms with Crippen molar-refractivity contribution in [2.75, 3.05) is 13.6 Å². The van der Waals surface area contributed by atoms with E-state index in [0.29, 0.717) is 18.2 Å². The van der Waals surface area contributed by atoms with Crippen LogP contribution in [0.25, 0.3) is 0 Å². The van der Waals surface area contributed by atoms with Crippen molar-refractivity contribution < 1.29 is 14.3 Å². The molecule has 1 aromatic rings. The van der Waals surface area contributed by atoms with E-state index in [4.69, 9.17) is 9.52 Å². The van der Waals surface area contributed by atoms with Gasteiger partial charge >= 0.3 is 5.97 Å². The first-order valence-corrected chi connectivity index (χ1v) is 4.99. The lowest BCUT2D eigenvalue weighted by molar-refractivity contribution is 0.0693. The third-order valence-electron chi connectivity index (χ3n) is 2.07. The van der Waals surface area contributed by atoms with E-state index < -0.39 is 5.97 Å². The molecule has 0 radical (unpaired) electrons. The molecule has 15 heavy (non-hydrogen) atoms. The minimum absolute atomic E-state index is 0.255. The fourth-order valence-corrected chi connectivity index (χ4v) is 1.59. The van der Waals surface area contributed by atoms with Gasteiger partial charge in [0.1, 0.15) is 11.3 Å². The Balaban J connectivity index is 2.64. The fraction of sp³-hybridized carbons (Fsp3) is 0.545. The van der Waals surface area contributed by atoms with Gasteiger partial charge in [-0.3, -0.25) is 4.90 Å². The van der Waals surface area contributed by atoms with Gasteiger partial charge in [0.05, 0.1) is 12.8 Å². The summed E-state index contributed by atoms with van der Waals surface area (Å²) in [5.41, 5.74) is 0.255. The molecule has 4 nitrogen and oxygen atoms in total. The van der Waals surface area contributed by atoms with Gasteiger partial charge in [0.2, 0.25) is 0 Å². The number of furan rings is 1. The molecule has 4 heteroatoms. The number of carbonyl (C=O) groups is 1. The topological polar surface area (TPSA) is 53.7 Å². The molecule has 0 atom stereocenters. The summed E-state index contributed by atoms with van der Waals surface area (Å²) < 4.78 is 5.16. The number of rotatable bonds is 5. The molecule has 0 aliphatic heterocycles. The van der Waals surface area contributed by atoms with Crippen molar-refractivity contribution in [2.45, 2.75) is 20.4 Å². The van der Waals surface area contributed by atoms with Crippen LogP contribution in [0.2, 0.25) is 0 Å². The number of carboxylic acids is 1. The van der Waals surface area contributed by atoms with Crippen LogP contribution in [0.5, 0.6) is 0 Å². The van der Waals surface area contributed by atoms with E-state index in [2.05, 4.69) is 18.7 Å². The van der Waals surface area contributed by atoms with Gasteiger partial charge in [-0.1, -0.05) is 13.8 Å². The van der Waals surface area contributed by atoms with Crippen LogP contribution in [0.4, 0.5) is 0 Å². The smallest absolute Gasteiger partial charge is 0.339 e. The highest BCUT2D eigenvalue weighted by atomic mass is 16.4. The summed E-state index contributed by atoms with van der Waals surface area (Å²) in [5.74, 6) is 0.139. The van der Waals surface area contributed by atoms with Crippen LogP contribution < -0.4 is 0 Å². The van der Waals surface area contributed by atoms with E-state index in [9.17, 15) is 4.79 Å². The zero-order chi connectivity index (χ0) is 11.4. The summed E-state index contributed by atoms with van der Waals surface area (Å²) >= 11 is 0. The molecule has 84 valence electrons. The van der Waals surface area contributed by atoms with Crippen LogP contribution >= 0.6 is 0 Å². The Hall–Kier alpha value is -1.29. The first kappa shape index (κ1) is 11.8.